The molecule has 0 aliphatic heterocycles. The fraction of sp³-hybridized carbons (Fsp3) is 0.273. The number of hydrogen-bond donors (Lipinski definition) is 2. The molecule has 2 aromatic carbocycles. The molecule has 0 aliphatic carbocycles. The fourth-order valence-corrected chi connectivity index (χ4v) is 3.56. The lowest BCUT2D eigenvalue weighted by Gasteiger charge is -2.21. The average Bonchev–Trinajstić information content (AvgIpc) is 3.25. The number of carbonyl (C=O) groups excluding carboxylic acids is 2. The number of anilines is 1. The van der Waals surface area contributed by atoms with E-state index >= 15 is 0 Å². The van der Waals surface area contributed by atoms with Gasteiger partial charge in [0.2, 0.25) is 11.0 Å². The first-order chi connectivity index (χ1) is 14.9. The lowest BCUT2D eigenvalue weighted by molar-refractivity contribution is -0.118. The molecule has 9 heteroatoms. The van der Waals surface area contributed by atoms with Crippen LogP contribution in [0.3, 0.4) is 0 Å². The van der Waals surface area contributed by atoms with Gasteiger partial charge < -0.3 is 14.8 Å². The smallest absolute Gasteiger partial charge is 0.251 e. The minimum Gasteiger partial charge on any atom is -0.497 e. The van der Waals surface area contributed by atoms with Crippen molar-refractivity contribution in [3.05, 3.63) is 54.1 Å². The number of benzene rings is 2. The first-order valence-corrected chi connectivity index (χ1v) is 10.5. The van der Waals surface area contributed by atoms with E-state index in [4.69, 9.17) is 9.47 Å². The van der Waals surface area contributed by atoms with E-state index in [0.717, 1.165) is 11.3 Å². The molecule has 0 radical (unpaired) electrons. The molecule has 0 saturated heterocycles. The van der Waals surface area contributed by atoms with Crippen molar-refractivity contribution in [3.8, 4) is 22.1 Å². The van der Waals surface area contributed by atoms with E-state index in [2.05, 4.69) is 20.8 Å². The molecule has 1 unspecified atom stereocenters. The maximum absolute atomic E-state index is 12.8. The van der Waals surface area contributed by atoms with Gasteiger partial charge in [-0.15, -0.1) is 10.2 Å². The summed E-state index contributed by atoms with van der Waals surface area (Å²) in [4.78, 5) is 25.4. The highest BCUT2D eigenvalue weighted by Crippen LogP contribution is 2.28. The summed E-state index contributed by atoms with van der Waals surface area (Å²) in [5.74, 6) is 0.575. The highest BCUT2D eigenvalue weighted by molar-refractivity contribution is 7.18. The van der Waals surface area contributed by atoms with Crippen molar-refractivity contribution in [2.75, 3.05) is 19.5 Å². The summed E-state index contributed by atoms with van der Waals surface area (Å²) >= 11 is 1.25. The van der Waals surface area contributed by atoms with Crippen molar-refractivity contribution < 1.29 is 19.1 Å². The number of hydrogen-bond acceptors (Lipinski definition) is 7. The molecule has 0 saturated carbocycles. The quantitative estimate of drug-likeness (QED) is 0.555. The van der Waals surface area contributed by atoms with Crippen molar-refractivity contribution in [1.82, 2.24) is 15.5 Å². The molecule has 2 amide bonds. The second-order valence-electron chi connectivity index (χ2n) is 7.05. The molecule has 3 aromatic rings. The van der Waals surface area contributed by atoms with Crippen LogP contribution in [0.2, 0.25) is 0 Å². The molecule has 1 aromatic heterocycles. The Bertz CT molecular complexity index is 1030. The number of rotatable bonds is 8. The number of aromatic nitrogens is 2. The third-order valence-electron chi connectivity index (χ3n) is 4.58. The number of amides is 2. The van der Waals surface area contributed by atoms with Gasteiger partial charge in [-0.05, 0) is 54.4 Å². The van der Waals surface area contributed by atoms with Crippen LogP contribution in [0.5, 0.6) is 11.5 Å². The van der Waals surface area contributed by atoms with Crippen LogP contribution in [0.4, 0.5) is 5.13 Å². The molecule has 1 heterocycles. The van der Waals surface area contributed by atoms with E-state index in [1.807, 2.05) is 38.1 Å². The predicted octanol–water partition coefficient (Wildman–Crippen LogP) is 3.62. The van der Waals surface area contributed by atoms with Crippen LogP contribution in [0, 0.1) is 5.92 Å². The SMILES string of the molecule is COc1ccc(C(=O)NC(C(=O)Nc2nnc(-c3ccc(OC)cc3)s2)C(C)C)cc1. The zero-order valence-electron chi connectivity index (χ0n) is 17.7. The molecule has 0 fully saturated rings. The van der Waals surface area contributed by atoms with E-state index in [-0.39, 0.29) is 17.7 Å². The Morgan fingerprint density at radius 2 is 1.48 bits per heavy atom. The lowest BCUT2D eigenvalue weighted by Crippen LogP contribution is -2.47. The van der Waals surface area contributed by atoms with Gasteiger partial charge in [0.15, 0.2) is 0 Å². The summed E-state index contributed by atoms with van der Waals surface area (Å²) in [6.07, 6.45) is 0. The number of ether oxygens (including phenoxy) is 2. The Balaban J connectivity index is 1.67. The number of methoxy groups -OCH3 is 2. The molecule has 3 rings (SSSR count). The Morgan fingerprint density at radius 3 is 2.03 bits per heavy atom. The molecule has 0 aliphatic rings. The number of nitrogens with one attached hydrogen (secondary N) is 2. The largest absolute Gasteiger partial charge is 0.497 e. The zero-order chi connectivity index (χ0) is 22.4. The van der Waals surface area contributed by atoms with Crippen LogP contribution in [0.25, 0.3) is 10.6 Å². The summed E-state index contributed by atoms with van der Waals surface area (Å²) in [6, 6.07) is 13.4. The van der Waals surface area contributed by atoms with E-state index in [0.29, 0.717) is 21.5 Å². The summed E-state index contributed by atoms with van der Waals surface area (Å²) in [7, 11) is 3.16. The van der Waals surface area contributed by atoms with Gasteiger partial charge in [0.05, 0.1) is 14.2 Å². The van der Waals surface area contributed by atoms with Gasteiger partial charge in [-0.25, -0.2) is 0 Å². The molecule has 162 valence electrons. The van der Waals surface area contributed by atoms with Gasteiger partial charge in [-0.3, -0.25) is 14.9 Å². The maximum Gasteiger partial charge on any atom is 0.251 e. The van der Waals surface area contributed by atoms with E-state index < -0.39 is 6.04 Å². The standard InChI is InChI=1S/C22H24N4O4S/c1-13(2)18(23-19(27)14-5-9-16(29-3)10-6-14)20(28)24-22-26-25-21(31-22)15-7-11-17(30-4)12-8-15/h5-13,18H,1-4H3,(H,23,27)(H,24,26,28). The molecule has 8 nitrogen and oxygen atoms in total. The van der Waals surface area contributed by atoms with Crippen LogP contribution in [0.1, 0.15) is 24.2 Å². The normalized spacial score (nSPS) is 11.6. The highest BCUT2D eigenvalue weighted by Gasteiger charge is 2.26. The van der Waals surface area contributed by atoms with Gasteiger partial charge in [0, 0.05) is 11.1 Å². The molecular formula is C22H24N4O4S. The van der Waals surface area contributed by atoms with Gasteiger partial charge in [0.1, 0.15) is 22.5 Å². The Morgan fingerprint density at radius 1 is 0.903 bits per heavy atom. The van der Waals surface area contributed by atoms with Crippen molar-refractivity contribution in [1.29, 1.82) is 0 Å². The molecule has 1 atom stereocenters. The van der Waals surface area contributed by atoms with Crippen molar-refractivity contribution in [3.63, 3.8) is 0 Å². The van der Waals surface area contributed by atoms with E-state index in [9.17, 15) is 9.59 Å². The second-order valence-corrected chi connectivity index (χ2v) is 8.03. The minimum atomic E-state index is -0.733. The summed E-state index contributed by atoms with van der Waals surface area (Å²) in [5, 5.41) is 14.8. The first kappa shape index (κ1) is 22.2. The first-order valence-electron chi connectivity index (χ1n) is 9.65. The average molecular weight is 441 g/mol. The summed E-state index contributed by atoms with van der Waals surface area (Å²) < 4.78 is 10.3. The Hall–Kier alpha value is -3.46. The van der Waals surface area contributed by atoms with E-state index in [1.54, 1.807) is 38.5 Å². The van der Waals surface area contributed by atoms with Crippen LogP contribution >= 0.6 is 11.3 Å². The molecule has 0 spiro atoms. The lowest BCUT2D eigenvalue weighted by atomic mass is 10.0. The molecular weight excluding hydrogens is 416 g/mol. The minimum absolute atomic E-state index is 0.129. The van der Waals surface area contributed by atoms with Gasteiger partial charge in [-0.1, -0.05) is 25.2 Å². The molecule has 31 heavy (non-hydrogen) atoms. The van der Waals surface area contributed by atoms with Gasteiger partial charge in [0.25, 0.3) is 5.91 Å². The summed E-state index contributed by atoms with van der Waals surface area (Å²) in [6.45, 7) is 3.73. The van der Waals surface area contributed by atoms with Gasteiger partial charge in [-0.2, -0.15) is 0 Å². The number of nitrogens with zero attached hydrogens (tertiary/aromatic N) is 2. The summed E-state index contributed by atoms with van der Waals surface area (Å²) in [5.41, 5.74) is 1.31. The van der Waals surface area contributed by atoms with Crippen LogP contribution in [-0.4, -0.2) is 42.3 Å². The molecule has 0 bridgehead atoms. The Kier molecular flexibility index (Phi) is 7.19. The van der Waals surface area contributed by atoms with Crippen LogP contribution < -0.4 is 20.1 Å². The fourth-order valence-electron chi connectivity index (χ4n) is 2.81. The molecule has 2 N–H and O–H groups in total. The Labute approximate surface area is 184 Å². The highest BCUT2D eigenvalue weighted by atomic mass is 32.1. The van der Waals surface area contributed by atoms with Crippen molar-refractivity contribution in [2.24, 2.45) is 5.92 Å². The van der Waals surface area contributed by atoms with Gasteiger partial charge >= 0.3 is 0 Å². The van der Waals surface area contributed by atoms with Crippen LogP contribution in [-0.2, 0) is 4.79 Å². The number of carbonyl (C=O) groups is 2. The third kappa shape index (κ3) is 5.58. The maximum atomic E-state index is 12.8. The monoisotopic (exact) mass is 440 g/mol. The zero-order valence-corrected chi connectivity index (χ0v) is 18.5. The van der Waals surface area contributed by atoms with E-state index in [1.165, 1.54) is 11.3 Å². The third-order valence-corrected chi connectivity index (χ3v) is 5.47. The van der Waals surface area contributed by atoms with Crippen LogP contribution in [0.15, 0.2) is 48.5 Å². The predicted molar refractivity (Wildman–Crippen MR) is 120 cm³/mol. The second kappa shape index (κ2) is 10.0. The topological polar surface area (TPSA) is 102 Å². The van der Waals surface area contributed by atoms with Crippen molar-refractivity contribution in [2.45, 2.75) is 19.9 Å². The van der Waals surface area contributed by atoms with Crippen molar-refractivity contribution >= 4 is 28.3 Å².